The number of benzene rings is 2. The fourth-order valence-electron chi connectivity index (χ4n) is 5.62. The quantitative estimate of drug-likeness (QED) is 0.0579. The first-order chi connectivity index (χ1) is 26.0. The van der Waals surface area contributed by atoms with Crippen molar-refractivity contribution in [1.29, 1.82) is 0 Å². The Hall–Kier alpha value is -4.64. The van der Waals surface area contributed by atoms with Crippen molar-refractivity contribution in [2.75, 3.05) is 19.1 Å². The normalized spacial score (nSPS) is 15.0. The summed E-state index contributed by atoms with van der Waals surface area (Å²) < 4.78 is 40.2. The van der Waals surface area contributed by atoms with Crippen molar-refractivity contribution in [3.05, 3.63) is 78.4 Å². The molecule has 18 nitrogen and oxygen atoms in total. The summed E-state index contributed by atoms with van der Waals surface area (Å²) in [5, 5.41) is 7.66. The Kier molecular flexibility index (Phi) is 15.1. The minimum Gasteiger partial charge on any atom is -0.522 e. The second kappa shape index (κ2) is 19.3. The van der Waals surface area contributed by atoms with Crippen LogP contribution < -0.4 is 30.2 Å². The summed E-state index contributed by atoms with van der Waals surface area (Å²) in [7, 11) is -8.62. The molecule has 1 aliphatic heterocycles. The van der Waals surface area contributed by atoms with E-state index in [-0.39, 0.29) is 49.6 Å². The molecule has 0 saturated heterocycles. The van der Waals surface area contributed by atoms with E-state index in [0.717, 1.165) is 12.7 Å². The lowest BCUT2D eigenvalue weighted by Gasteiger charge is -2.25. The maximum absolute atomic E-state index is 13.8. The highest BCUT2D eigenvalue weighted by molar-refractivity contribution is 7.71. The van der Waals surface area contributed by atoms with E-state index in [2.05, 4.69) is 25.1 Å². The zero-order chi connectivity index (χ0) is 40.3. The number of hydrogen-bond acceptors (Lipinski definition) is 11. The van der Waals surface area contributed by atoms with Gasteiger partial charge in [-0.25, -0.2) is 4.98 Å². The van der Waals surface area contributed by atoms with Crippen molar-refractivity contribution >= 4 is 51.6 Å². The van der Waals surface area contributed by atoms with E-state index in [1.807, 2.05) is 49.5 Å². The molecule has 1 aliphatic rings. The molecule has 2 unspecified atom stereocenters. The number of aromatic nitrogens is 2. The Morgan fingerprint density at radius 2 is 1.62 bits per heavy atom. The highest BCUT2D eigenvalue weighted by Crippen LogP contribution is 2.61. The SMILES string of the molecule is COP(=O)(O)C(NC(=O)CCCCC(=O)N(C)c1ccc2c(c1)OB([C@@H](CC(C)C)NC(=O)[C@@H](Cc1ccccc1)NC(=O)c1cnccn1)O2)P(=O)(O)O. The molecule has 21 heteroatoms. The molecule has 2 heterocycles. The van der Waals surface area contributed by atoms with Crippen molar-refractivity contribution < 1.29 is 56.8 Å². The zero-order valence-electron chi connectivity index (χ0n) is 30.7. The zero-order valence-corrected chi connectivity index (χ0v) is 32.5. The van der Waals surface area contributed by atoms with E-state index in [9.17, 15) is 43.0 Å². The second-order valence-corrected chi connectivity index (χ2v) is 17.3. The van der Waals surface area contributed by atoms with Crippen LogP contribution in [-0.4, -0.2) is 87.1 Å². The van der Waals surface area contributed by atoms with Gasteiger partial charge >= 0.3 is 22.3 Å². The van der Waals surface area contributed by atoms with Gasteiger partial charge in [0.15, 0.2) is 0 Å². The lowest BCUT2D eigenvalue weighted by molar-refractivity contribution is -0.123. The van der Waals surface area contributed by atoms with E-state index in [1.54, 1.807) is 25.2 Å². The van der Waals surface area contributed by atoms with Crippen LogP contribution >= 0.6 is 15.2 Å². The topological polar surface area (TPSA) is 256 Å². The van der Waals surface area contributed by atoms with Crippen LogP contribution in [0.15, 0.2) is 67.1 Å². The number of nitrogens with one attached hydrogen (secondary N) is 3. The third-order valence-electron chi connectivity index (χ3n) is 8.48. The number of amides is 4. The molecule has 4 amide bonds. The molecule has 4 atom stereocenters. The summed E-state index contributed by atoms with van der Waals surface area (Å²) in [6.45, 7) is 3.97. The molecule has 6 N–H and O–H groups in total. The lowest BCUT2D eigenvalue weighted by atomic mass is 9.74. The van der Waals surface area contributed by atoms with Crippen LogP contribution in [0, 0.1) is 5.92 Å². The minimum absolute atomic E-state index is 0.0133. The van der Waals surface area contributed by atoms with Crippen LogP contribution in [0.2, 0.25) is 0 Å². The molecule has 0 bridgehead atoms. The largest absolute Gasteiger partial charge is 0.618 e. The average molecular weight is 803 g/mol. The van der Waals surface area contributed by atoms with E-state index >= 15 is 0 Å². The van der Waals surface area contributed by atoms with Gasteiger partial charge < -0.3 is 49.4 Å². The van der Waals surface area contributed by atoms with Gasteiger partial charge in [-0.3, -0.25) is 33.3 Å². The van der Waals surface area contributed by atoms with Gasteiger partial charge in [0.2, 0.25) is 23.2 Å². The lowest BCUT2D eigenvalue weighted by Crippen LogP contribution is -2.57. The molecule has 2 aromatic carbocycles. The monoisotopic (exact) mass is 802 g/mol. The molecule has 55 heavy (non-hydrogen) atoms. The third kappa shape index (κ3) is 12.4. The minimum atomic E-state index is -5.21. The van der Waals surface area contributed by atoms with Crippen LogP contribution in [0.25, 0.3) is 0 Å². The first-order valence-electron chi connectivity index (χ1n) is 17.4. The first-order valence-corrected chi connectivity index (χ1v) is 20.7. The fourth-order valence-corrected chi connectivity index (χ4v) is 8.24. The predicted octanol–water partition coefficient (Wildman–Crippen LogP) is 2.78. The number of carbonyl (C=O) groups is 4. The second-order valence-electron chi connectivity index (χ2n) is 13.2. The smallest absolute Gasteiger partial charge is 0.522 e. The van der Waals surface area contributed by atoms with Gasteiger partial charge in [-0.1, -0.05) is 44.2 Å². The summed E-state index contributed by atoms with van der Waals surface area (Å²) in [5.74, 6) is -1.99. The van der Waals surface area contributed by atoms with Crippen LogP contribution in [0.1, 0.15) is 62.0 Å². The Bertz CT molecular complexity index is 1910. The first kappa shape index (κ1) is 43.1. The van der Waals surface area contributed by atoms with Gasteiger partial charge in [0.1, 0.15) is 23.2 Å². The molecule has 0 radical (unpaired) electrons. The predicted molar refractivity (Wildman–Crippen MR) is 201 cm³/mol. The molecular weight excluding hydrogens is 757 g/mol. The summed E-state index contributed by atoms with van der Waals surface area (Å²) in [6, 6.07) is 13.2. The molecule has 3 aromatic rings. The molecule has 0 saturated carbocycles. The number of carbonyl (C=O) groups excluding carboxylic acids is 4. The van der Waals surface area contributed by atoms with Gasteiger partial charge in [-0.05, 0) is 42.9 Å². The van der Waals surface area contributed by atoms with Crippen molar-refractivity contribution in [2.45, 2.75) is 69.9 Å². The van der Waals surface area contributed by atoms with Crippen LogP contribution in [0.4, 0.5) is 5.69 Å². The maximum Gasteiger partial charge on any atom is 0.618 e. The van der Waals surface area contributed by atoms with E-state index in [1.165, 1.54) is 23.5 Å². The highest BCUT2D eigenvalue weighted by atomic mass is 31.2. The molecule has 0 fully saturated rings. The Morgan fingerprint density at radius 1 is 0.927 bits per heavy atom. The summed E-state index contributed by atoms with van der Waals surface area (Å²) in [6.07, 6.45) is 4.93. The Morgan fingerprint density at radius 3 is 2.25 bits per heavy atom. The van der Waals surface area contributed by atoms with E-state index in [4.69, 9.17) is 9.31 Å². The van der Waals surface area contributed by atoms with Gasteiger partial charge in [-0.15, -0.1) is 0 Å². The molecule has 296 valence electrons. The van der Waals surface area contributed by atoms with Crippen molar-refractivity contribution in [2.24, 2.45) is 5.92 Å². The van der Waals surface area contributed by atoms with Gasteiger partial charge in [0, 0.05) is 57.6 Å². The Labute approximate surface area is 318 Å². The van der Waals surface area contributed by atoms with Crippen LogP contribution in [0.3, 0.4) is 0 Å². The van der Waals surface area contributed by atoms with Gasteiger partial charge in [-0.2, -0.15) is 0 Å². The molecule has 1 aromatic heterocycles. The van der Waals surface area contributed by atoms with Crippen molar-refractivity contribution in [1.82, 2.24) is 25.9 Å². The highest BCUT2D eigenvalue weighted by Gasteiger charge is 2.46. The Balaban J connectivity index is 1.36. The number of fused-ring (bicyclic) bond motifs is 1. The van der Waals surface area contributed by atoms with Crippen LogP contribution in [-0.2, 0) is 34.5 Å². The number of rotatable bonds is 19. The number of unbranched alkanes of at least 4 members (excludes halogenated alkanes) is 1. The summed E-state index contributed by atoms with van der Waals surface area (Å²) in [5.41, 5.74) is -1.04. The van der Waals surface area contributed by atoms with E-state index in [0.29, 0.717) is 23.6 Å². The van der Waals surface area contributed by atoms with Gasteiger partial charge in [0.25, 0.3) is 5.91 Å². The standard InChI is InChI=1S/C34H45BN6O12P2/c1-22(2)18-29(39-32(44)25(19-23-10-6-5-7-11-23)38-33(45)26-21-36-16-17-37-26)35-52-27-15-14-24(20-28(27)53-35)41(3)31(43)13-9-8-12-30(42)40-34(54(46,47)48)55(49,50)51-4/h5-7,10-11,14-17,20-22,25,29,34H,8-9,12-13,18-19H2,1-4H3,(H,38,45)(H,39,44)(H,40,42)(H,49,50)(H2,46,47,48)/t25-,29-,34?/m1/s1. The number of anilines is 1. The summed E-state index contributed by atoms with van der Waals surface area (Å²) in [4.78, 5) is 90.0. The van der Waals surface area contributed by atoms with Crippen LogP contribution in [0.5, 0.6) is 11.5 Å². The molecular formula is C34H45BN6O12P2. The van der Waals surface area contributed by atoms with Crippen molar-refractivity contribution in [3.63, 3.8) is 0 Å². The van der Waals surface area contributed by atoms with Crippen molar-refractivity contribution in [3.8, 4) is 11.5 Å². The molecule has 0 aliphatic carbocycles. The fraction of sp³-hybridized carbons (Fsp3) is 0.412. The molecule has 4 rings (SSSR count). The number of nitrogens with zero attached hydrogens (tertiary/aromatic N) is 3. The summed E-state index contributed by atoms with van der Waals surface area (Å²) >= 11 is 0. The molecule has 0 spiro atoms. The maximum atomic E-state index is 13.8. The van der Waals surface area contributed by atoms with E-state index < -0.39 is 57.5 Å². The average Bonchev–Trinajstić information content (AvgIpc) is 3.58. The van der Waals surface area contributed by atoms with Gasteiger partial charge in [0.05, 0.1) is 12.1 Å². The third-order valence-corrected chi connectivity index (χ3v) is 12.3. The number of hydrogen-bond donors (Lipinski definition) is 6.